The van der Waals surface area contributed by atoms with Gasteiger partial charge in [-0.1, -0.05) is 17.3 Å². The van der Waals surface area contributed by atoms with Gasteiger partial charge in [0.2, 0.25) is 10.0 Å². The maximum absolute atomic E-state index is 13.4. The third-order valence-corrected chi connectivity index (χ3v) is 8.73. The Morgan fingerprint density at radius 1 is 0.970 bits per heavy atom. The highest BCUT2D eigenvalue weighted by molar-refractivity contribution is 7.89. The van der Waals surface area contributed by atoms with Crippen LogP contribution in [-0.4, -0.2) is 68.0 Å². The molecule has 0 spiro atoms. The number of rotatable bonds is 4. The molecular weight excluding hydrogens is 440 g/mol. The van der Waals surface area contributed by atoms with Crippen molar-refractivity contribution in [1.29, 1.82) is 0 Å². The molecule has 5 rings (SSSR count). The van der Waals surface area contributed by atoms with Gasteiger partial charge >= 0.3 is 0 Å². The normalized spacial score (nSPS) is 17.8. The van der Waals surface area contributed by atoms with E-state index >= 15 is 0 Å². The molecule has 9 heteroatoms. The molecule has 2 aliphatic rings. The molecule has 2 aromatic carbocycles. The first-order valence-corrected chi connectivity index (χ1v) is 12.8. The van der Waals surface area contributed by atoms with Crippen molar-refractivity contribution in [1.82, 2.24) is 14.4 Å². The van der Waals surface area contributed by atoms with Crippen LogP contribution in [0.2, 0.25) is 0 Å². The van der Waals surface area contributed by atoms with Gasteiger partial charge in [0, 0.05) is 45.0 Å². The van der Waals surface area contributed by atoms with Gasteiger partial charge in [0.1, 0.15) is 0 Å². The molecule has 1 amide bonds. The zero-order valence-corrected chi connectivity index (χ0v) is 19.8. The molecule has 0 saturated carbocycles. The Morgan fingerprint density at radius 2 is 1.70 bits per heavy atom. The van der Waals surface area contributed by atoms with Crippen LogP contribution >= 0.6 is 0 Å². The van der Waals surface area contributed by atoms with E-state index in [0.717, 1.165) is 18.5 Å². The smallest absolute Gasteiger partial charge is 0.276 e. The largest absolute Gasteiger partial charge is 0.369 e. The summed E-state index contributed by atoms with van der Waals surface area (Å²) in [6.07, 6.45) is 1.93. The number of hydrogen-bond acceptors (Lipinski definition) is 6. The maximum Gasteiger partial charge on any atom is 0.276 e. The van der Waals surface area contributed by atoms with Gasteiger partial charge < -0.3 is 14.3 Å². The van der Waals surface area contributed by atoms with E-state index in [4.69, 9.17) is 4.52 Å². The predicted octanol–water partition coefficient (Wildman–Crippen LogP) is 3.19. The second kappa shape index (κ2) is 8.46. The lowest BCUT2D eigenvalue weighted by atomic mass is 10.1. The van der Waals surface area contributed by atoms with Gasteiger partial charge in [0.15, 0.2) is 11.3 Å². The number of amides is 1. The fraction of sp³-hybridized carbons (Fsp3) is 0.417. The van der Waals surface area contributed by atoms with Crippen LogP contribution in [0.3, 0.4) is 0 Å². The van der Waals surface area contributed by atoms with E-state index < -0.39 is 10.0 Å². The fourth-order valence-electron chi connectivity index (χ4n) is 4.70. The number of piperazine rings is 1. The molecule has 8 nitrogen and oxygen atoms in total. The molecule has 0 bridgehead atoms. The van der Waals surface area contributed by atoms with Crippen LogP contribution in [-0.2, 0) is 10.0 Å². The van der Waals surface area contributed by atoms with E-state index in [1.165, 1.54) is 27.6 Å². The molecule has 1 aromatic heterocycles. The van der Waals surface area contributed by atoms with E-state index in [1.807, 2.05) is 6.07 Å². The Bertz CT molecular complexity index is 1300. The summed E-state index contributed by atoms with van der Waals surface area (Å²) >= 11 is 0. The Morgan fingerprint density at radius 3 is 2.42 bits per heavy atom. The maximum atomic E-state index is 13.4. The van der Waals surface area contributed by atoms with Crippen molar-refractivity contribution in [3.63, 3.8) is 0 Å². The van der Waals surface area contributed by atoms with Crippen LogP contribution < -0.4 is 4.90 Å². The summed E-state index contributed by atoms with van der Waals surface area (Å²) in [6.45, 7) is 7.61. The van der Waals surface area contributed by atoms with Gasteiger partial charge in [-0.05, 0) is 62.1 Å². The standard InChI is InChI=1S/C24H28N4O4S/c1-17-6-5-7-21(18(17)2)26-12-14-28(15-13-26)33(30,31)19-8-9-22-20(16-19)23(25-32-22)24(29)27-10-3-4-11-27/h5-9,16H,3-4,10-15H2,1-2H3. The van der Waals surface area contributed by atoms with Gasteiger partial charge in [0.25, 0.3) is 5.91 Å². The zero-order chi connectivity index (χ0) is 23.2. The molecule has 0 aliphatic carbocycles. The molecule has 0 atom stereocenters. The van der Waals surface area contributed by atoms with E-state index in [1.54, 1.807) is 11.0 Å². The summed E-state index contributed by atoms with van der Waals surface area (Å²) in [7, 11) is -3.70. The monoisotopic (exact) mass is 468 g/mol. The number of anilines is 1. The highest BCUT2D eigenvalue weighted by Crippen LogP contribution is 2.28. The van der Waals surface area contributed by atoms with Crippen molar-refractivity contribution in [3.05, 3.63) is 53.2 Å². The van der Waals surface area contributed by atoms with Gasteiger partial charge in [-0.2, -0.15) is 4.31 Å². The molecule has 33 heavy (non-hydrogen) atoms. The Kier molecular flexibility index (Phi) is 5.62. The second-order valence-corrected chi connectivity index (χ2v) is 10.7. The minimum absolute atomic E-state index is 0.161. The molecule has 3 aromatic rings. The zero-order valence-electron chi connectivity index (χ0n) is 19.0. The third-order valence-electron chi connectivity index (χ3n) is 6.83. The summed E-state index contributed by atoms with van der Waals surface area (Å²) in [5, 5.41) is 4.40. The summed E-state index contributed by atoms with van der Waals surface area (Å²) in [5.41, 5.74) is 4.20. The van der Waals surface area contributed by atoms with E-state index in [2.05, 4.69) is 36.0 Å². The van der Waals surface area contributed by atoms with Crippen molar-refractivity contribution in [2.24, 2.45) is 0 Å². The Balaban J connectivity index is 1.37. The first-order valence-electron chi connectivity index (χ1n) is 11.4. The molecule has 0 unspecified atom stereocenters. The molecule has 0 N–H and O–H groups in total. The average molecular weight is 469 g/mol. The van der Waals surface area contributed by atoms with Crippen LogP contribution in [0, 0.1) is 13.8 Å². The Hall–Kier alpha value is -2.91. The van der Waals surface area contributed by atoms with Crippen LogP contribution in [0.25, 0.3) is 11.0 Å². The van der Waals surface area contributed by atoms with E-state index in [-0.39, 0.29) is 16.5 Å². The molecule has 174 valence electrons. The predicted molar refractivity (Wildman–Crippen MR) is 126 cm³/mol. The van der Waals surface area contributed by atoms with Crippen molar-refractivity contribution >= 4 is 32.6 Å². The number of likely N-dealkylation sites (tertiary alicyclic amines) is 1. The van der Waals surface area contributed by atoms with Crippen molar-refractivity contribution in [2.75, 3.05) is 44.2 Å². The van der Waals surface area contributed by atoms with E-state index in [9.17, 15) is 13.2 Å². The van der Waals surface area contributed by atoms with Gasteiger partial charge in [0.05, 0.1) is 10.3 Å². The highest BCUT2D eigenvalue weighted by atomic mass is 32.2. The van der Waals surface area contributed by atoms with Gasteiger partial charge in [-0.15, -0.1) is 0 Å². The summed E-state index contributed by atoms with van der Waals surface area (Å²) in [6, 6.07) is 10.9. The van der Waals surface area contributed by atoms with Crippen molar-refractivity contribution in [3.8, 4) is 0 Å². The van der Waals surface area contributed by atoms with Crippen molar-refractivity contribution in [2.45, 2.75) is 31.6 Å². The minimum Gasteiger partial charge on any atom is -0.369 e. The molecular formula is C24H28N4O4S. The third kappa shape index (κ3) is 3.89. The number of benzene rings is 2. The van der Waals surface area contributed by atoms with Crippen LogP contribution in [0.4, 0.5) is 5.69 Å². The number of aromatic nitrogens is 1. The lowest BCUT2D eigenvalue weighted by molar-refractivity contribution is 0.0784. The lowest BCUT2D eigenvalue weighted by Crippen LogP contribution is -2.48. The highest BCUT2D eigenvalue weighted by Gasteiger charge is 2.31. The van der Waals surface area contributed by atoms with Crippen LogP contribution in [0.5, 0.6) is 0 Å². The number of aryl methyl sites for hydroxylation is 1. The van der Waals surface area contributed by atoms with Crippen molar-refractivity contribution < 1.29 is 17.7 Å². The fourth-order valence-corrected chi connectivity index (χ4v) is 6.15. The SMILES string of the molecule is Cc1cccc(N2CCN(S(=O)(=O)c3ccc4onc(C(=O)N5CCCC5)c4c3)CC2)c1C. The van der Waals surface area contributed by atoms with Gasteiger partial charge in [-0.3, -0.25) is 4.79 Å². The summed E-state index contributed by atoms with van der Waals surface area (Å²) in [4.78, 5) is 17.0. The van der Waals surface area contributed by atoms with Crippen LogP contribution in [0.15, 0.2) is 45.8 Å². The number of hydrogen-bond donors (Lipinski definition) is 0. The summed E-state index contributed by atoms with van der Waals surface area (Å²) in [5.74, 6) is -0.206. The number of carbonyl (C=O) groups is 1. The molecule has 3 heterocycles. The number of nitrogens with zero attached hydrogens (tertiary/aromatic N) is 4. The topological polar surface area (TPSA) is 87.0 Å². The summed E-state index contributed by atoms with van der Waals surface area (Å²) < 4.78 is 33.7. The minimum atomic E-state index is -3.70. The van der Waals surface area contributed by atoms with E-state index in [0.29, 0.717) is 50.2 Å². The molecule has 2 aliphatic heterocycles. The second-order valence-electron chi connectivity index (χ2n) is 8.80. The number of carbonyl (C=O) groups excluding carboxylic acids is 1. The molecule has 2 fully saturated rings. The van der Waals surface area contributed by atoms with Crippen LogP contribution in [0.1, 0.15) is 34.5 Å². The first-order chi connectivity index (χ1) is 15.9. The Labute approximate surface area is 193 Å². The van der Waals surface area contributed by atoms with Gasteiger partial charge in [-0.25, -0.2) is 8.42 Å². The first kappa shape index (κ1) is 21.9. The molecule has 0 radical (unpaired) electrons. The number of fused-ring (bicyclic) bond motifs is 1. The average Bonchev–Trinajstić information content (AvgIpc) is 3.50. The quantitative estimate of drug-likeness (QED) is 0.585. The lowest BCUT2D eigenvalue weighted by Gasteiger charge is -2.36. The molecule has 2 saturated heterocycles. The number of sulfonamides is 1.